The number of thioether (sulfide) groups is 1. The van der Waals surface area contributed by atoms with Crippen molar-refractivity contribution >= 4 is 22.6 Å². The quantitative estimate of drug-likeness (QED) is 0.597. The van der Waals surface area contributed by atoms with Gasteiger partial charge in [0.05, 0.1) is 11.3 Å². The summed E-state index contributed by atoms with van der Waals surface area (Å²) in [4.78, 5) is 0. The van der Waals surface area contributed by atoms with Gasteiger partial charge in [-0.2, -0.15) is 13.2 Å². The molecule has 0 unspecified atom stereocenters. The van der Waals surface area contributed by atoms with Gasteiger partial charge in [-0.3, -0.25) is 5.73 Å². The maximum atomic E-state index is 12.3. The van der Waals surface area contributed by atoms with Crippen LogP contribution in [0, 0.1) is 0 Å². The average Bonchev–Trinajstić information content (AvgIpc) is 2.29. The minimum Gasteiger partial charge on any atom is -1.00 e. The molecule has 0 radical (unpaired) electrons. The summed E-state index contributed by atoms with van der Waals surface area (Å²) in [5.41, 5.74) is 6.14. The topological polar surface area (TPSA) is 52.4 Å². The number of nitrogens with two attached hydrogens (primary N) is 1. The Balaban J connectivity index is 0.00000162. The second kappa shape index (κ2) is 5.75. The van der Waals surface area contributed by atoms with Crippen LogP contribution < -0.4 is 27.8 Å². The molecule has 0 saturated carbocycles. The molecule has 1 aliphatic rings. The molecule has 0 fully saturated rings. The van der Waals surface area contributed by atoms with E-state index < -0.39 is 11.7 Å². The molecule has 0 spiro atoms. The van der Waals surface area contributed by atoms with Crippen molar-refractivity contribution in [2.24, 2.45) is 10.8 Å². The van der Waals surface area contributed by atoms with Crippen molar-refractivity contribution in [1.82, 2.24) is 0 Å². The van der Waals surface area contributed by atoms with Gasteiger partial charge < -0.3 is 17.0 Å². The van der Waals surface area contributed by atoms with Gasteiger partial charge in [0.2, 0.25) is 0 Å². The Bertz CT molecular complexity index is 482. The molecule has 1 aromatic rings. The van der Waals surface area contributed by atoms with Crippen LogP contribution >= 0.6 is 11.8 Å². The van der Waals surface area contributed by atoms with Crippen molar-refractivity contribution in [3.05, 3.63) is 35.4 Å². The number of nitrogens with one attached hydrogen (secondary N) is 1. The Labute approximate surface area is 116 Å². The Morgan fingerprint density at radius 1 is 1.22 bits per heavy atom. The van der Waals surface area contributed by atoms with Crippen LogP contribution in [0.4, 0.5) is 13.2 Å². The lowest BCUT2D eigenvalue weighted by molar-refractivity contribution is -0.460. The number of nitrogens with zero attached hydrogens (tertiary/aromatic N) is 1. The summed E-state index contributed by atoms with van der Waals surface area (Å²) >= 11 is 1.36. The van der Waals surface area contributed by atoms with Crippen LogP contribution in [0.2, 0.25) is 0 Å². The summed E-state index contributed by atoms with van der Waals surface area (Å²) in [6.45, 7) is 0. The number of hydrogen-bond donors (Lipinski definition) is 2. The maximum absolute atomic E-state index is 12.3. The minimum absolute atomic E-state index is 0. The van der Waals surface area contributed by atoms with Crippen LogP contribution in [-0.4, -0.2) is 16.6 Å². The van der Waals surface area contributed by atoms with Crippen molar-refractivity contribution in [3.63, 3.8) is 0 Å². The largest absolute Gasteiger partial charge is 1.00 e. The van der Waals surface area contributed by atoms with E-state index in [-0.39, 0.29) is 17.0 Å². The fourth-order valence-corrected chi connectivity index (χ4v) is 1.97. The van der Waals surface area contributed by atoms with E-state index in [0.717, 1.165) is 12.1 Å². The first-order chi connectivity index (χ1) is 7.97. The van der Waals surface area contributed by atoms with E-state index in [9.17, 15) is 13.2 Å². The highest BCUT2D eigenvalue weighted by atomic mass is 79.9. The first kappa shape index (κ1) is 15.0. The molecule has 3 nitrogen and oxygen atoms in total. The predicted octanol–water partition coefficient (Wildman–Crippen LogP) is -2.44. The highest BCUT2D eigenvalue weighted by Crippen LogP contribution is 2.29. The molecule has 3 N–H and O–H groups in total. The minimum atomic E-state index is -4.31. The first-order valence-corrected chi connectivity index (χ1v) is 5.71. The van der Waals surface area contributed by atoms with Crippen molar-refractivity contribution in [2.75, 3.05) is 5.75 Å². The van der Waals surface area contributed by atoms with Crippen molar-refractivity contribution < 1.29 is 35.3 Å². The highest BCUT2D eigenvalue weighted by Gasteiger charge is 2.30. The van der Waals surface area contributed by atoms with Crippen LogP contribution in [0.25, 0.3) is 0 Å². The molecule has 98 valence electrons. The van der Waals surface area contributed by atoms with E-state index in [0.29, 0.717) is 22.2 Å². The van der Waals surface area contributed by atoms with Gasteiger partial charge in [-0.1, -0.05) is 17.2 Å². The summed E-state index contributed by atoms with van der Waals surface area (Å²) in [5.74, 6) is 0.546. The third-order valence-electron chi connectivity index (χ3n) is 2.21. The fraction of sp³-hybridized carbons (Fsp3) is 0.200. The lowest BCUT2D eigenvalue weighted by Crippen LogP contribution is -3.00. The van der Waals surface area contributed by atoms with Gasteiger partial charge in [0.15, 0.2) is 0 Å². The van der Waals surface area contributed by atoms with Crippen LogP contribution in [-0.2, 0) is 6.18 Å². The molecule has 1 aliphatic heterocycles. The van der Waals surface area contributed by atoms with Gasteiger partial charge in [0.25, 0.3) is 0 Å². The summed E-state index contributed by atoms with van der Waals surface area (Å²) in [6, 6.07) is 4.91. The summed E-state index contributed by atoms with van der Waals surface area (Å²) in [7, 11) is 0. The summed E-state index contributed by atoms with van der Waals surface area (Å²) in [6.07, 6.45) is -4.31. The number of hydrazone groups is 1. The number of halogens is 4. The number of amidine groups is 1. The molecule has 8 heteroatoms. The second-order valence-corrected chi connectivity index (χ2v) is 4.42. The van der Waals surface area contributed by atoms with Crippen LogP contribution in [0.3, 0.4) is 0 Å². The Kier molecular flexibility index (Phi) is 4.80. The smallest absolute Gasteiger partial charge is 0.416 e. The van der Waals surface area contributed by atoms with Gasteiger partial charge in [-0.15, -0.1) is 5.10 Å². The summed E-state index contributed by atoms with van der Waals surface area (Å²) < 4.78 is 37.0. The summed E-state index contributed by atoms with van der Waals surface area (Å²) in [5, 5.41) is 7.06. The second-order valence-electron chi connectivity index (χ2n) is 3.40. The van der Waals surface area contributed by atoms with E-state index >= 15 is 0 Å². The van der Waals surface area contributed by atoms with E-state index in [1.807, 2.05) is 0 Å². The molecule has 0 saturated heterocycles. The monoisotopic (exact) mass is 339 g/mol. The fourth-order valence-electron chi connectivity index (χ4n) is 1.33. The van der Waals surface area contributed by atoms with Crippen molar-refractivity contribution in [1.29, 1.82) is 0 Å². The van der Waals surface area contributed by atoms with Crippen LogP contribution in [0.15, 0.2) is 29.4 Å². The molecule has 0 amide bonds. The predicted molar refractivity (Wildman–Crippen MR) is 60.6 cm³/mol. The molecular formula is C10H9BrF3N3S. The third kappa shape index (κ3) is 3.49. The molecule has 1 heterocycles. The van der Waals surface area contributed by atoms with E-state index in [1.54, 1.807) is 0 Å². The van der Waals surface area contributed by atoms with Gasteiger partial charge in [0.1, 0.15) is 5.71 Å². The molecular weight excluding hydrogens is 331 g/mol. The molecule has 2 rings (SSSR count). The maximum Gasteiger partial charge on any atom is 0.416 e. The number of rotatable bonds is 1. The normalized spacial score (nSPS) is 15.5. The van der Waals surface area contributed by atoms with Gasteiger partial charge in [0, 0.05) is 5.56 Å². The highest BCUT2D eigenvalue weighted by molar-refractivity contribution is 8.14. The van der Waals surface area contributed by atoms with E-state index in [2.05, 4.69) is 10.2 Å². The molecule has 1 aromatic carbocycles. The Morgan fingerprint density at radius 2 is 1.83 bits per heavy atom. The average molecular weight is 340 g/mol. The van der Waals surface area contributed by atoms with Gasteiger partial charge >= 0.3 is 11.3 Å². The van der Waals surface area contributed by atoms with E-state index in [4.69, 9.17) is 5.73 Å². The zero-order valence-electron chi connectivity index (χ0n) is 8.96. The SMILES string of the molecule is NC1=[NH+]N=C(c2ccc(C(F)(F)F)cc2)CS1.[Br-]. The zero-order valence-corrected chi connectivity index (χ0v) is 11.4. The van der Waals surface area contributed by atoms with Gasteiger partial charge in [-0.05, 0) is 23.9 Å². The van der Waals surface area contributed by atoms with Crippen LogP contribution in [0.5, 0.6) is 0 Å². The number of alkyl halides is 3. The molecule has 18 heavy (non-hydrogen) atoms. The lowest BCUT2D eigenvalue weighted by Gasteiger charge is -2.09. The number of hydrogen-bond acceptors (Lipinski definition) is 3. The Hall–Kier alpha value is -1.02. The Morgan fingerprint density at radius 3 is 2.28 bits per heavy atom. The first-order valence-electron chi connectivity index (χ1n) is 4.72. The standard InChI is InChI=1S/C10H8F3N3S.BrH/c11-10(12,13)7-3-1-6(2-4-7)8-5-17-9(14)16-15-8;/h1-4H,5H2,(H2,14,16);1H. The van der Waals surface area contributed by atoms with Gasteiger partial charge in [-0.25, -0.2) is 0 Å². The van der Waals surface area contributed by atoms with Crippen LogP contribution in [0.1, 0.15) is 11.1 Å². The third-order valence-corrected chi connectivity index (χ3v) is 3.03. The molecule has 0 aromatic heterocycles. The van der Waals surface area contributed by atoms with Crippen molar-refractivity contribution in [2.45, 2.75) is 6.18 Å². The lowest BCUT2D eigenvalue weighted by atomic mass is 10.1. The molecule has 0 bridgehead atoms. The molecule has 0 atom stereocenters. The molecule has 0 aliphatic carbocycles. The van der Waals surface area contributed by atoms with E-state index in [1.165, 1.54) is 23.9 Å². The van der Waals surface area contributed by atoms with Crippen molar-refractivity contribution in [3.8, 4) is 0 Å². The number of benzene rings is 1. The zero-order chi connectivity index (χ0) is 12.5.